The van der Waals surface area contributed by atoms with Crippen LogP contribution in [0.15, 0.2) is 36.5 Å². The first kappa shape index (κ1) is 19.6. The predicted molar refractivity (Wildman–Crippen MR) is 103 cm³/mol. The predicted octanol–water partition coefficient (Wildman–Crippen LogP) is 2.86. The number of carbonyl (C=O) groups is 1. The Labute approximate surface area is 160 Å². The second-order valence-corrected chi connectivity index (χ2v) is 7.57. The molecule has 146 valence electrons. The molecule has 0 radical (unpaired) electrons. The van der Waals surface area contributed by atoms with Gasteiger partial charge in [-0.2, -0.15) is 5.10 Å². The van der Waals surface area contributed by atoms with Crippen LogP contribution in [-0.2, 0) is 11.3 Å². The van der Waals surface area contributed by atoms with E-state index in [1.165, 1.54) is 0 Å². The molecule has 0 bridgehead atoms. The lowest BCUT2D eigenvalue weighted by Gasteiger charge is -2.37. The summed E-state index contributed by atoms with van der Waals surface area (Å²) in [7, 11) is 0. The monoisotopic (exact) mass is 371 g/mol. The third-order valence-corrected chi connectivity index (χ3v) is 5.13. The Morgan fingerprint density at radius 3 is 2.74 bits per heavy atom. The number of aryl methyl sites for hydroxylation is 1. The lowest BCUT2D eigenvalue weighted by molar-refractivity contribution is -0.0826. The number of carbonyl (C=O) groups excluding carboxylic acids is 1. The second kappa shape index (κ2) is 8.67. The van der Waals surface area contributed by atoms with Crippen molar-refractivity contribution in [1.29, 1.82) is 0 Å². The quantitative estimate of drug-likeness (QED) is 0.819. The number of rotatable bonds is 6. The van der Waals surface area contributed by atoms with Gasteiger partial charge in [-0.3, -0.25) is 9.48 Å². The van der Waals surface area contributed by atoms with E-state index in [2.05, 4.69) is 24.3 Å². The highest BCUT2D eigenvalue weighted by atomic mass is 16.5. The van der Waals surface area contributed by atoms with Crippen LogP contribution < -0.4 is 5.32 Å². The lowest BCUT2D eigenvalue weighted by Crippen LogP contribution is -2.44. The van der Waals surface area contributed by atoms with Gasteiger partial charge in [0.05, 0.1) is 31.1 Å². The molecule has 1 aromatic heterocycles. The van der Waals surface area contributed by atoms with Crippen LogP contribution in [0.2, 0.25) is 0 Å². The van der Waals surface area contributed by atoms with Crippen LogP contribution in [0.4, 0.5) is 0 Å². The van der Waals surface area contributed by atoms with Crippen LogP contribution in [0.3, 0.4) is 0 Å². The van der Waals surface area contributed by atoms with Crippen molar-refractivity contribution in [1.82, 2.24) is 15.1 Å². The van der Waals surface area contributed by atoms with Crippen LogP contribution in [0.1, 0.15) is 54.4 Å². The number of aromatic nitrogens is 2. The number of hydrogen-bond acceptors (Lipinski definition) is 4. The summed E-state index contributed by atoms with van der Waals surface area (Å²) in [5, 5.41) is 16.8. The smallest absolute Gasteiger partial charge is 0.251 e. The SMILES string of the molecule is Cc1nn(CCO)cc1[C@@H]1C[C@H](NC(=O)c2ccccc2)C[C@H](C(C)C)O1. The molecule has 0 aliphatic carbocycles. The van der Waals surface area contributed by atoms with Crippen molar-refractivity contribution in [2.24, 2.45) is 5.92 Å². The van der Waals surface area contributed by atoms with Gasteiger partial charge in [-0.1, -0.05) is 32.0 Å². The minimum atomic E-state index is -0.111. The molecule has 3 rings (SSSR count). The van der Waals surface area contributed by atoms with Gasteiger partial charge in [0.15, 0.2) is 0 Å². The maximum atomic E-state index is 12.6. The highest BCUT2D eigenvalue weighted by Gasteiger charge is 2.34. The number of aliphatic hydroxyl groups excluding tert-OH is 1. The third kappa shape index (κ3) is 4.76. The molecule has 1 amide bonds. The number of nitrogens with zero attached hydrogens (tertiary/aromatic N) is 2. The van der Waals surface area contributed by atoms with E-state index in [-0.39, 0.29) is 30.8 Å². The maximum absolute atomic E-state index is 12.6. The molecule has 1 aromatic carbocycles. The van der Waals surface area contributed by atoms with Gasteiger partial charge in [0, 0.05) is 23.4 Å². The zero-order chi connectivity index (χ0) is 19.4. The minimum absolute atomic E-state index is 0.0450. The molecule has 1 aliphatic rings. The molecular formula is C21H29N3O3. The number of nitrogens with one attached hydrogen (secondary N) is 1. The van der Waals surface area contributed by atoms with Crippen LogP contribution >= 0.6 is 0 Å². The summed E-state index contributed by atoms with van der Waals surface area (Å²) in [6, 6.07) is 9.35. The fourth-order valence-corrected chi connectivity index (χ4v) is 3.63. The van der Waals surface area contributed by atoms with Gasteiger partial charge in [0.1, 0.15) is 0 Å². The van der Waals surface area contributed by atoms with Crippen molar-refractivity contribution in [2.75, 3.05) is 6.61 Å². The molecule has 3 atom stereocenters. The Morgan fingerprint density at radius 1 is 1.33 bits per heavy atom. The van der Waals surface area contributed by atoms with E-state index in [1.54, 1.807) is 4.68 Å². The van der Waals surface area contributed by atoms with Crippen molar-refractivity contribution in [3.05, 3.63) is 53.3 Å². The van der Waals surface area contributed by atoms with Gasteiger partial charge < -0.3 is 15.2 Å². The Bertz CT molecular complexity index is 757. The summed E-state index contributed by atoms with van der Waals surface area (Å²) in [6.07, 6.45) is 3.43. The number of aliphatic hydroxyl groups is 1. The van der Waals surface area contributed by atoms with E-state index >= 15 is 0 Å². The van der Waals surface area contributed by atoms with Crippen LogP contribution in [0.5, 0.6) is 0 Å². The second-order valence-electron chi connectivity index (χ2n) is 7.57. The van der Waals surface area contributed by atoms with Gasteiger partial charge in [0.2, 0.25) is 0 Å². The van der Waals surface area contributed by atoms with Crippen molar-refractivity contribution in [2.45, 2.75) is 58.4 Å². The van der Waals surface area contributed by atoms with Crippen molar-refractivity contribution in [3.63, 3.8) is 0 Å². The fourth-order valence-electron chi connectivity index (χ4n) is 3.63. The van der Waals surface area contributed by atoms with E-state index in [0.717, 1.165) is 17.7 Å². The number of amides is 1. The molecule has 1 aliphatic heterocycles. The summed E-state index contributed by atoms with van der Waals surface area (Å²) in [6.45, 7) is 6.77. The normalized spacial score (nSPS) is 22.8. The van der Waals surface area contributed by atoms with Gasteiger partial charge in [-0.15, -0.1) is 0 Å². The van der Waals surface area contributed by atoms with Crippen molar-refractivity contribution in [3.8, 4) is 0 Å². The van der Waals surface area contributed by atoms with E-state index < -0.39 is 0 Å². The molecule has 27 heavy (non-hydrogen) atoms. The van der Waals surface area contributed by atoms with Crippen LogP contribution in [0, 0.1) is 12.8 Å². The largest absolute Gasteiger partial charge is 0.394 e. The Balaban J connectivity index is 1.76. The topological polar surface area (TPSA) is 76.4 Å². The zero-order valence-corrected chi connectivity index (χ0v) is 16.3. The van der Waals surface area contributed by atoms with Crippen LogP contribution in [0.25, 0.3) is 0 Å². The Kier molecular flexibility index (Phi) is 6.29. The van der Waals surface area contributed by atoms with E-state index in [4.69, 9.17) is 9.84 Å². The first-order valence-electron chi connectivity index (χ1n) is 9.64. The molecule has 6 nitrogen and oxygen atoms in total. The van der Waals surface area contributed by atoms with Gasteiger partial charge in [-0.05, 0) is 37.8 Å². The summed E-state index contributed by atoms with van der Waals surface area (Å²) in [5.41, 5.74) is 2.62. The van der Waals surface area contributed by atoms with Crippen molar-refractivity contribution < 1.29 is 14.6 Å². The van der Waals surface area contributed by atoms with E-state index in [9.17, 15) is 4.79 Å². The lowest BCUT2D eigenvalue weighted by atomic mass is 9.90. The number of hydrogen-bond donors (Lipinski definition) is 2. The molecular weight excluding hydrogens is 342 g/mol. The first-order chi connectivity index (χ1) is 13.0. The average Bonchev–Trinajstić information content (AvgIpc) is 3.02. The van der Waals surface area contributed by atoms with E-state index in [1.807, 2.05) is 43.5 Å². The van der Waals surface area contributed by atoms with Gasteiger partial charge >= 0.3 is 0 Å². The Morgan fingerprint density at radius 2 is 2.07 bits per heavy atom. The van der Waals surface area contributed by atoms with Crippen molar-refractivity contribution >= 4 is 5.91 Å². The Hall–Kier alpha value is -2.18. The van der Waals surface area contributed by atoms with E-state index in [0.29, 0.717) is 24.4 Å². The average molecular weight is 371 g/mol. The third-order valence-electron chi connectivity index (χ3n) is 5.13. The molecule has 0 spiro atoms. The van der Waals surface area contributed by atoms with Gasteiger partial charge in [0.25, 0.3) is 5.91 Å². The highest BCUT2D eigenvalue weighted by molar-refractivity contribution is 5.94. The molecule has 6 heteroatoms. The molecule has 0 unspecified atom stereocenters. The number of benzene rings is 1. The molecule has 2 heterocycles. The zero-order valence-electron chi connectivity index (χ0n) is 16.3. The first-order valence-corrected chi connectivity index (χ1v) is 9.64. The summed E-state index contributed by atoms with van der Waals surface area (Å²) >= 11 is 0. The highest BCUT2D eigenvalue weighted by Crippen LogP contribution is 2.35. The standard InChI is InChI=1S/C21H29N3O3/c1-14(2)19-11-17(22-21(26)16-7-5-4-6-8-16)12-20(27-19)18-13-24(9-10-25)23-15(18)3/h4-8,13-14,17,19-20,25H,9-12H2,1-3H3,(H,22,26)/t17-,19-,20+/m1/s1. The summed E-state index contributed by atoms with van der Waals surface area (Å²) in [5.74, 6) is 0.313. The fraction of sp³-hybridized carbons (Fsp3) is 0.524. The molecule has 1 fully saturated rings. The maximum Gasteiger partial charge on any atom is 0.251 e. The molecule has 2 aromatic rings. The van der Waals surface area contributed by atoms with Gasteiger partial charge in [-0.25, -0.2) is 0 Å². The summed E-state index contributed by atoms with van der Waals surface area (Å²) in [4.78, 5) is 12.6. The molecule has 1 saturated heterocycles. The number of ether oxygens (including phenoxy) is 1. The minimum Gasteiger partial charge on any atom is -0.394 e. The molecule has 2 N–H and O–H groups in total. The molecule has 0 saturated carbocycles. The van der Waals surface area contributed by atoms with Crippen LogP contribution in [-0.4, -0.2) is 39.5 Å². The summed E-state index contributed by atoms with van der Waals surface area (Å²) < 4.78 is 8.11.